The number of aromatic nitrogens is 2. The van der Waals surface area contributed by atoms with Gasteiger partial charge in [0.15, 0.2) is 0 Å². The number of nitrogens with zero attached hydrogens (tertiary/aromatic N) is 2. The Bertz CT molecular complexity index is 487. The Kier molecular flexibility index (Phi) is 4.36. The van der Waals surface area contributed by atoms with E-state index in [-0.39, 0.29) is 11.9 Å². The van der Waals surface area contributed by atoms with Crippen LogP contribution in [0.4, 0.5) is 4.39 Å². The van der Waals surface area contributed by atoms with Crippen LogP contribution in [-0.4, -0.2) is 16.5 Å². The number of hydrogen-bond acceptors (Lipinski definition) is 3. The zero-order chi connectivity index (χ0) is 12.8. The molecule has 1 heterocycles. The van der Waals surface area contributed by atoms with Gasteiger partial charge in [-0.05, 0) is 36.7 Å². The Morgan fingerprint density at radius 1 is 1.33 bits per heavy atom. The molecule has 1 unspecified atom stereocenters. The van der Waals surface area contributed by atoms with Crippen LogP contribution in [0.5, 0.6) is 0 Å². The van der Waals surface area contributed by atoms with Gasteiger partial charge in [-0.2, -0.15) is 0 Å². The molecule has 1 atom stereocenters. The van der Waals surface area contributed by atoms with Crippen molar-refractivity contribution < 1.29 is 4.39 Å². The minimum atomic E-state index is -0.203. The van der Waals surface area contributed by atoms with Crippen molar-refractivity contribution in [1.82, 2.24) is 15.3 Å². The van der Waals surface area contributed by atoms with E-state index in [9.17, 15) is 4.39 Å². The van der Waals surface area contributed by atoms with Gasteiger partial charge in [-0.15, -0.1) is 0 Å². The van der Waals surface area contributed by atoms with Crippen LogP contribution in [0.1, 0.15) is 24.2 Å². The molecule has 0 amide bonds. The standard InChI is InChI=1S/C14H16FN3/c1-2-17-14(13-6-7-16-10-18-13)9-11-4-3-5-12(15)8-11/h3-8,10,14,17H,2,9H2,1H3. The molecule has 18 heavy (non-hydrogen) atoms. The highest BCUT2D eigenvalue weighted by molar-refractivity contribution is 5.19. The lowest BCUT2D eigenvalue weighted by Gasteiger charge is -2.17. The van der Waals surface area contributed by atoms with E-state index in [1.165, 1.54) is 12.4 Å². The molecule has 0 spiro atoms. The summed E-state index contributed by atoms with van der Waals surface area (Å²) in [5.41, 5.74) is 1.88. The summed E-state index contributed by atoms with van der Waals surface area (Å²) < 4.78 is 13.2. The summed E-state index contributed by atoms with van der Waals surface area (Å²) in [6, 6.07) is 8.64. The zero-order valence-electron chi connectivity index (χ0n) is 10.3. The quantitative estimate of drug-likeness (QED) is 0.879. The van der Waals surface area contributed by atoms with E-state index >= 15 is 0 Å². The highest BCUT2D eigenvalue weighted by Gasteiger charge is 2.12. The summed E-state index contributed by atoms with van der Waals surface area (Å²) in [6.45, 7) is 2.88. The Labute approximate surface area is 106 Å². The molecule has 0 aliphatic carbocycles. The molecule has 1 N–H and O–H groups in total. The number of likely N-dealkylation sites (N-methyl/N-ethyl adjacent to an activating group) is 1. The van der Waals surface area contributed by atoms with Crippen LogP contribution >= 0.6 is 0 Å². The highest BCUT2D eigenvalue weighted by Crippen LogP contribution is 2.16. The Morgan fingerprint density at radius 2 is 2.22 bits per heavy atom. The summed E-state index contributed by atoms with van der Waals surface area (Å²) in [6.07, 6.45) is 3.96. The van der Waals surface area contributed by atoms with Crippen molar-refractivity contribution >= 4 is 0 Å². The predicted molar refractivity (Wildman–Crippen MR) is 68.6 cm³/mol. The molecule has 0 fully saturated rings. The van der Waals surface area contributed by atoms with Crippen molar-refractivity contribution in [3.8, 4) is 0 Å². The van der Waals surface area contributed by atoms with Gasteiger partial charge in [0, 0.05) is 6.20 Å². The van der Waals surface area contributed by atoms with Gasteiger partial charge in [0.2, 0.25) is 0 Å². The number of benzene rings is 1. The SMILES string of the molecule is CCNC(Cc1cccc(F)c1)c1ccncn1. The van der Waals surface area contributed by atoms with E-state index in [1.54, 1.807) is 18.3 Å². The van der Waals surface area contributed by atoms with Crippen LogP contribution in [0.3, 0.4) is 0 Å². The van der Waals surface area contributed by atoms with Gasteiger partial charge in [-0.3, -0.25) is 0 Å². The molecule has 0 bridgehead atoms. The molecule has 2 aromatic rings. The number of rotatable bonds is 5. The van der Waals surface area contributed by atoms with Gasteiger partial charge in [0.05, 0.1) is 11.7 Å². The average Bonchev–Trinajstić information content (AvgIpc) is 2.39. The van der Waals surface area contributed by atoms with Crippen molar-refractivity contribution in [2.24, 2.45) is 0 Å². The Morgan fingerprint density at radius 3 is 2.89 bits per heavy atom. The lowest BCUT2D eigenvalue weighted by Crippen LogP contribution is -2.24. The third-order valence-electron chi connectivity index (χ3n) is 2.74. The molecular weight excluding hydrogens is 229 g/mol. The van der Waals surface area contributed by atoms with Crippen LogP contribution in [0.25, 0.3) is 0 Å². The van der Waals surface area contributed by atoms with Crippen LogP contribution in [0.2, 0.25) is 0 Å². The van der Waals surface area contributed by atoms with E-state index in [1.807, 2.05) is 19.1 Å². The minimum absolute atomic E-state index is 0.0831. The second-order valence-corrected chi connectivity index (χ2v) is 4.08. The summed E-state index contributed by atoms with van der Waals surface area (Å²) in [5.74, 6) is -0.203. The van der Waals surface area contributed by atoms with Crippen molar-refractivity contribution in [3.05, 3.63) is 59.9 Å². The van der Waals surface area contributed by atoms with Crippen molar-refractivity contribution in [1.29, 1.82) is 0 Å². The second kappa shape index (κ2) is 6.21. The summed E-state index contributed by atoms with van der Waals surface area (Å²) in [4.78, 5) is 8.16. The topological polar surface area (TPSA) is 37.8 Å². The first-order valence-electron chi connectivity index (χ1n) is 6.03. The van der Waals surface area contributed by atoms with E-state index in [2.05, 4.69) is 15.3 Å². The van der Waals surface area contributed by atoms with Crippen molar-refractivity contribution in [2.45, 2.75) is 19.4 Å². The zero-order valence-corrected chi connectivity index (χ0v) is 10.3. The van der Waals surface area contributed by atoms with Crippen molar-refractivity contribution in [2.75, 3.05) is 6.54 Å². The summed E-state index contributed by atoms with van der Waals surface area (Å²) in [7, 11) is 0. The molecule has 1 aromatic heterocycles. The summed E-state index contributed by atoms with van der Waals surface area (Å²) in [5, 5.41) is 3.35. The maximum absolute atomic E-state index is 13.2. The largest absolute Gasteiger partial charge is 0.309 e. The van der Waals surface area contributed by atoms with Gasteiger partial charge >= 0.3 is 0 Å². The third-order valence-corrected chi connectivity index (χ3v) is 2.74. The van der Waals surface area contributed by atoms with E-state index in [4.69, 9.17) is 0 Å². The fraction of sp³-hybridized carbons (Fsp3) is 0.286. The predicted octanol–water partition coefficient (Wildman–Crippen LogP) is 2.51. The molecule has 0 radical (unpaired) electrons. The van der Waals surface area contributed by atoms with Crippen molar-refractivity contribution in [3.63, 3.8) is 0 Å². The summed E-state index contributed by atoms with van der Waals surface area (Å²) >= 11 is 0. The molecule has 4 heteroatoms. The number of halogens is 1. The first-order chi connectivity index (χ1) is 8.79. The molecule has 1 aromatic carbocycles. The lowest BCUT2D eigenvalue weighted by molar-refractivity contribution is 0.533. The molecule has 0 saturated carbocycles. The first-order valence-corrected chi connectivity index (χ1v) is 6.03. The molecule has 0 saturated heterocycles. The maximum Gasteiger partial charge on any atom is 0.123 e. The van der Waals surface area contributed by atoms with E-state index < -0.39 is 0 Å². The maximum atomic E-state index is 13.2. The van der Waals surface area contributed by atoms with Gasteiger partial charge in [-0.1, -0.05) is 19.1 Å². The number of nitrogens with one attached hydrogen (secondary N) is 1. The van der Waals surface area contributed by atoms with Crippen LogP contribution in [0.15, 0.2) is 42.9 Å². The van der Waals surface area contributed by atoms with E-state index in [0.29, 0.717) is 6.42 Å². The normalized spacial score (nSPS) is 12.3. The molecule has 2 rings (SSSR count). The number of hydrogen-bond donors (Lipinski definition) is 1. The molecule has 94 valence electrons. The van der Waals surface area contributed by atoms with Gasteiger partial charge in [0.25, 0.3) is 0 Å². The fourth-order valence-corrected chi connectivity index (χ4v) is 1.93. The van der Waals surface area contributed by atoms with E-state index in [0.717, 1.165) is 17.8 Å². The Hall–Kier alpha value is -1.81. The smallest absolute Gasteiger partial charge is 0.123 e. The molecular formula is C14H16FN3. The Balaban J connectivity index is 2.16. The molecule has 3 nitrogen and oxygen atoms in total. The van der Waals surface area contributed by atoms with Gasteiger partial charge in [-0.25, -0.2) is 14.4 Å². The third kappa shape index (κ3) is 3.34. The minimum Gasteiger partial charge on any atom is -0.309 e. The first kappa shape index (κ1) is 12.6. The molecule has 0 aliphatic heterocycles. The fourth-order valence-electron chi connectivity index (χ4n) is 1.93. The van der Waals surface area contributed by atoms with Gasteiger partial charge < -0.3 is 5.32 Å². The van der Waals surface area contributed by atoms with Crippen LogP contribution in [0, 0.1) is 5.82 Å². The van der Waals surface area contributed by atoms with Crippen LogP contribution < -0.4 is 5.32 Å². The van der Waals surface area contributed by atoms with Gasteiger partial charge in [0.1, 0.15) is 12.1 Å². The average molecular weight is 245 g/mol. The second-order valence-electron chi connectivity index (χ2n) is 4.08. The highest BCUT2D eigenvalue weighted by atomic mass is 19.1. The van der Waals surface area contributed by atoms with Crippen LogP contribution in [-0.2, 0) is 6.42 Å². The molecule has 0 aliphatic rings. The monoisotopic (exact) mass is 245 g/mol. The lowest BCUT2D eigenvalue weighted by atomic mass is 10.0.